The molecule has 0 aromatic heterocycles. The number of hydrogen-bond acceptors (Lipinski definition) is 4. The normalized spacial score (nSPS) is 30.6. The van der Waals surface area contributed by atoms with E-state index < -0.39 is 12.1 Å². The fraction of sp³-hybridized carbons (Fsp3) is 0.875. The molecule has 4 heteroatoms. The van der Waals surface area contributed by atoms with Gasteiger partial charge in [-0.15, -0.1) is 0 Å². The molecule has 0 aliphatic carbocycles. The number of aliphatic hydroxyl groups excluding tert-OH is 1. The van der Waals surface area contributed by atoms with Crippen molar-refractivity contribution in [2.75, 3.05) is 20.2 Å². The maximum atomic E-state index is 11.2. The number of carbonyl (C=O) groups excluding carboxylic acids is 1. The zero-order valence-electron chi connectivity index (χ0n) is 7.49. The smallest absolute Gasteiger partial charge is 0.326 e. The number of carbonyl (C=O) groups is 1. The molecule has 0 aromatic rings. The summed E-state index contributed by atoms with van der Waals surface area (Å²) in [5.41, 5.74) is 0. The van der Waals surface area contributed by atoms with Crippen LogP contribution in [-0.4, -0.2) is 48.3 Å². The highest BCUT2D eigenvalue weighted by Crippen LogP contribution is 2.16. The van der Waals surface area contributed by atoms with Gasteiger partial charge in [0.2, 0.25) is 0 Å². The van der Waals surface area contributed by atoms with Crippen LogP contribution in [0.2, 0.25) is 0 Å². The van der Waals surface area contributed by atoms with Crippen LogP contribution in [0.1, 0.15) is 13.3 Å². The van der Waals surface area contributed by atoms with Gasteiger partial charge in [-0.1, -0.05) is 0 Å². The molecule has 1 rings (SSSR count). The Morgan fingerprint density at radius 3 is 2.83 bits per heavy atom. The molecule has 1 fully saturated rings. The largest absolute Gasteiger partial charge is 0.465 e. The van der Waals surface area contributed by atoms with Crippen LogP contribution in [0.4, 0.5) is 0 Å². The Morgan fingerprint density at radius 1 is 1.75 bits per heavy atom. The summed E-state index contributed by atoms with van der Waals surface area (Å²) in [6, 6.07) is -0.454. The Labute approximate surface area is 72.1 Å². The first kappa shape index (κ1) is 9.48. The lowest BCUT2D eigenvalue weighted by atomic mass is 10.2. The maximum Gasteiger partial charge on any atom is 0.326 e. The van der Waals surface area contributed by atoms with Crippen molar-refractivity contribution in [2.24, 2.45) is 0 Å². The van der Waals surface area contributed by atoms with Crippen LogP contribution < -0.4 is 0 Å². The minimum Gasteiger partial charge on any atom is -0.465 e. The van der Waals surface area contributed by atoms with E-state index in [0.717, 1.165) is 6.54 Å². The second kappa shape index (κ2) is 3.87. The molecular weight excluding hydrogens is 158 g/mol. The molecule has 1 saturated heterocycles. The van der Waals surface area contributed by atoms with Crippen LogP contribution in [0, 0.1) is 0 Å². The lowest BCUT2D eigenvalue weighted by Gasteiger charge is -2.19. The van der Waals surface area contributed by atoms with E-state index >= 15 is 0 Å². The van der Waals surface area contributed by atoms with Crippen LogP contribution in [0.5, 0.6) is 0 Å². The molecule has 1 aliphatic rings. The minimum absolute atomic E-state index is 0.315. The van der Waals surface area contributed by atoms with E-state index in [1.54, 1.807) is 6.92 Å². The van der Waals surface area contributed by atoms with Crippen LogP contribution in [0.15, 0.2) is 0 Å². The topological polar surface area (TPSA) is 49.8 Å². The van der Waals surface area contributed by atoms with Crippen LogP contribution in [0.25, 0.3) is 0 Å². The van der Waals surface area contributed by atoms with E-state index in [2.05, 4.69) is 0 Å². The lowest BCUT2D eigenvalue weighted by Crippen LogP contribution is -2.40. The Bertz CT molecular complexity index is 162. The molecule has 2 unspecified atom stereocenters. The second-order valence-electron chi connectivity index (χ2n) is 3.03. The second-order valence-corrected chi connectivity index (χ2v) is 3.03. The number of ether oxygens (including phenoxy) is 1. The molecule has 0 aromatic carbocycles. The van der Waals surface area contributed by atoms with Crippen molar-refractivity contribution in [1.29, 1.82) is 0 Å². The van der Waals surface area contributed by atoms with Gasteiger partial charge in [0.1, 0.15) is 6.04 Å². The van der Waals surface area contributed by atoms with E-state index in [9.17, 15) is 9.90 Å². The first-order chi connectivity index (χ1) is 5.66. The summed E-state index contributed by atoms with van der Waals surface area (Å²) in [4.78, 5) is 13.1. The van der Waals surface area contributed by atoms with Gasteiger partial charge in [0.25, 0.3) is 0 Å². The van der Waals surface area contributed by atoms with Crippen molar-refractivity contribution in [3.63, 3.8) is 0 Å². The molecule has 0 bridgehead atoms. The summed E-state index contributed by atoms with van der Waals surface area (Å²) in [5, 5.41) is 9.41. The Balaban J connectivity index is 2.53. The van der Waals surface area contributed by atoms with Gasteiger partial charge >= 0.3 is 5.97 Å². The number of likely N-dealkylation sites (tertiary alicyclic amines) is 1. The van der Waals surface area contributed by atoms with Crippen molar-refractivity contribution >= 4 is 5.97 Å². The fourth-order valence-electron chi connectivity index (χ4n) is 1.49. The number of hydrogen-bond donors (Lipinski definition) is 1. The Hall–Kier alpha value is -0.610. The zero-order valence-corrected chi connectivity index (χ0v) is 7.49. The summed E-state index contributed by atoms with van der Waals surface area (Å²) in [7, 11) is 1.82. The number of nitrogens with zero attached hydrogens (tertiary/aromatic N) is 1. The van der Waals surface area contributed by atoms with Crippen LogP contribution in [-0.2, 0) is 9.53 Å². The van der Waals surface area contributed by atoms with E-state index in [4.69, 9.17) is 4.74 Å². The molecule has 12 heavy (non-hydrogen) atoms. The average Bonchev–Trinajstić information content (AvgIpc) is 2.32. The minimum atomic E-state index is -0.561. The average molecular weight is 173 g/mol. The predicted molar refractivity (Wildman–Crippen MR) is 43.7 cm³/mol. The summed E-state index contributed by atoms with van der Waals surface area (Å²) in [6.45, 7) is 2.89. The van der Waals surface area contributed by atoms with E-state index in [1.165, 1.54) is 0 Å². The molecule has 1 N–H and O–H groups in total. The molecule has 0 spiro atoms. The zero-order chi connectivity index (χ0) is 9.14. The van der Waals surface area contributed by atoms with Gasteiger partial charge in [0, 0.05) is 6.54 Å². The van der Waals surface area contributed by atoms with Crippen molar-refractivity contribution in [3.8, 4) is 0 Å². The summed E-state index contributed by atoms with van der Waals surface area (Å²) >= 11 is 0. The van der Waals surface area contributed by atoms with Crippen molar-refractivity contribution in [1.82, 2.24) is 4.90 Å². The molecule has 4 nitrogen and oxygen atoms in total. The van der Waals surface area contributed by atoms with Crippen LogP contribution in [0.3, 0.4) is 0 Å². The van der Waals surface area contributed by atoms with Crippen molar-refractivity contribution in [3.05, 3.63) is 0 Å². The van der Waals surface area contributed by atoms with Crippen LogP contribution >= 0.6 is 0 Å². The maximum absolute atomic E-state index is 11.2. The molecular formula is C8H15NO3. The highest BCUT2D eigenvalue weighted by Gasteiger charge is 2.36. The van der Waals surface area contributed by atoms with Crippen molar-refractivity contribution < 1.29 is 14.6 Å². The third kappa shape index (κ3) is 1.76. The number of aliphatic hydroxyl groups is 1. The molecule has 1 aliphatic heterocycles. The van der Waals surface area contributed by atoms with Crippen molar-refractivity contribution in [2.45, 2.75) is 25.5 Å². The first-order valence-corrected chi connectivity index (χ1v) is 4.21. The van der Waals surface area contributed by atoms with Gasteiger partial charge in [-0.25, -0.2) is 0 Å². The van der Waals surface area contributed by atoms with E-state index in [1.807, 2.05) is 11.9 Å². The summed E-state index contributed by atoms with van der Waals surface area (Å²) in [5.74, 6) is -0.315. The summed E-state index contributed by atoms with van der Waals surface area (Å²) < 4.78 is 4.83. The molecule has 2 atom stereocenters. The van der Waals surface area contributed by atoms with E-state index in [-0.39, 0.29) is 5.97 Å². The third-order valence-electron chi connectivity index (χ3n) is 2.14. The van der Waals surface area contributed by atoms with Gasteiger partial charge in [-0.05, 0) is 20.4 Å². The quantitative estimate of drug-likeness (QED) is 0.578. The van der Waals surface area contributed by atoms with Gasteiger partial charge in [-0.3, -0.25) is 9.69 Å². The lowest BCUT2D eigenvalue weighted by molar-refractivity contribution is -0.150. The highest BCUT2D eigenvalue weighted by atomic mass is 16.5. The van der Waals surface area contributed by atoms with Gasteiger partial charge in [0.15, 0.2) is 0 Å². The Kier molecular flexibility index (Phi) is 3.05. The molecule has 0 saturated carbocycles. The number of likely N-dealkylation sites (N-methyl/N-ethyl adjacent to an activating group) is 1. The predicted octanol–water partition coefficient (Wildman–Crippen LogP) is -0.386. The molecule has 1 heterocycles. The third-order valence-corrected chi connectivity index (χ3v) is 2.14. The molecule has 0 radical (unpaired) electrons. The molecule has 0 amide bonds. The highest BCUT2D eigenvalue weighted by molar-refractivity contribution is 5.76. The standard InChI is InChI=1S/C8H15NO3/c1-3-12-8(11)7-6(10)4-5-9(7)2/h6-7,10H,3-5H2,1-2H3. The van der Waals surface area contributed by atoms with E-state index in [0.29, 0.717) is 13.0 Å². The SMILES string of the molecule is CCOC(=O)C1C(O)CCN1C. The summed E-state index contributed by atoms with van der Waals surface area (Å²) in [6.07, 6.45) is 0.0917. The first-order valence-electron chi connectivity index (χ1n) is 4.21. The van der Waals surface area contributed by atoms with Gasteiger partial charge in [-0.2, -0.15) is 0 Å². The Morgan fingerprint density at radius 2 is 2.42 bits per heavy atom. The molecule has 70 valence electrons. The van der Waals surface area contributed by atoms with Gasteiger partial charge in [0.05, 0.1) is 12.7 Å². The van der Waals surface area contributed by atoms with Gasteiger partial charge < -0.3 is 9.84 Å². The monoisotopic (exact) mass is 173 g/mol. The number of rotatable bonds is 2. The fourth-order valence-corrected chi connectivity index (χ4v) is 1.49. The number of esters is 1.